The van der Waals surface area contributed by atoms with Crippen molar-refractivity contribution in [1.29, 1.82) is 0 Å². The van der Waals surface area contributed by atoms with Crippen LogP contribution >= 0.6 is 15.9 Å². The van der Waals surface area contributed by atoms with Gasteiger partial charge in [-0.1, -0.05) is 19.4 Å². The molecule has 0 saturated carbocycles. The molecule has 0 spiro atoms. The first kappa shape index (κ1) is 18.0. The Kier molecular flexibility index (Phi) is 6.37. The van der Waals surface area contributed by atoms with E-state index in [2.05, 4.69) is 28.2 Å². The van der Waals surface area contributed by atoms with Gasteiger partial charge in [0.05, 0.1) is 11.1 Å². The van der Waals surface area contributed by atoms with Crippen LogP contribution in [-0.2, 0) is 0 Å². The van der Waals surface area contributed by atoms with Gasteiger partial charge in [-0.3, -0.25) is 9.59 Å². The highest BCUT2D eigenvalue weighted by Crippen LogP contribution is 2.26. The maximum atomic E-state index is 12.3. The van der Waals surface area contributed by atoms with Crippen molar-refractivity contribution >= 4 is 33.4 Å². The van der Waals surface area contributed by atoms with Crippen molar-refractivity contribution in [2.45, 2.75) is 19.8 Å². The summed E-state index contributed by atoms with van der Waals surface area (Å²) in [4.78, 5) is 23.5. The summed E-state index contributed by atoms with van der Waals surface area (Å²) in [5.74, 6) is -0.115. The number of nitrogens with one attached hydrogen (secondary N) is 1. The maximum Gasteiger partial charge on any atom is 0.255 e. The van der Waals surface area contributed by atoms with Gasteiger partial charge in [0.2, 0.25) is 5.91 Å². The second-order valence-electron chi connectivity index (χ2n) is 5.25. The summed E-state index contributed by atoms with van der Waals surface area (Å²) in [5, 5.41) is 2.74. The first-order valence-electron chi connectivity index (χ1n) is 7.65. The van der Waals surface area contributed by atoms with E-state index in [1.165, 1.54) is 6.07 Å². The molecule has 0 aliphatic heterocycles. The largest absolute Gasteiger partial charge is 0.492 e. The lowest BCUT2D eigenvalue weighted by Gasteiger charge is -2.10. The molecule has 0 unspecified atom stereocenters. The molecule has 5 nitrogen and oxygen atoms in total. The third-order valence-corrected chi connectivity index (χ3v) is 3.97. The fourth-order valence-corrected chi connectivity index (χ4v) is 2.53. The predicted octanol–water partition coefficient (Wildman–Crippen LogP) is 3.98. The first-order valence-corrected chi connectivity index (χ1v) is 8.44. The van der Waals surface area contributed by atoms with Gasteiger partial charge in [0.1, 0.15) is 5.75 Å². The summed E-state index contributed by atoms with van der Waals surface area (Å²) in [6.45, 7) is 2.74. The Hall–Kier alpha value is -2.34. The lowest BCUT2D eigenvalue weighted by molar-refractivity contribution is 0.0996. The van der Waals surface area contributed by atoms with Gasteiger partial charge in [-0.05, 0) is 58.7 Å². The van der Waals surface area contributed by atoms with Crippen LogP contribution in [0.1, 0.15) is 40.5 Å². The van der Waals surface area contributed by atoms with Crippen molar-refractivity contribution < 1.29 is 14.3 Å². The van der Waals surface area contributed by atoms with E-state index in [0.29, 0.717) is 29.2 Å². The van der Waals surface area contributed by atoms with Gasteiger partial charge in [0.15, 0.2) is 0 Å². The SMILES string of the molecule is CCCCOc1ccc(C(=O)Nc2cccc(C(N)=O)c2)cc1Br. The van der Waals surface area contributed by atoms with Gasteiger partial charge in [0, 0.05) is 16.8 Å². The van der Waals surface area contributed by atoms with Crippen molar-refractivity contribution in [1.82, 2.24) is 0 Å². The Bertz CT molecular complexity index is 747. The summed E-state index contributed by atoms with van der Waals surface area (Å²) in [6.07, 6.45) is 2.04. The van der Waals surface area contributed by atoms with E-state index in [1.807, 2.05) is 0 Å². The first-order chi connectivity index (χ1) is 11.5. The smallest absolute Gasteiger partial charge is 0.255 e. The van der Waals surface area contributed by atoms with Crippen molar-refractivity contribution in [2.75, 3.05) is 11.9 Å². The second-order valence-corrected chi connectivity index (χ2v) is 6.10. The van der Waals surface area contributed by atoms with Gasteiger partial charge in [-0.15, -0.1) is 0 Å². The summed E-state index contributed by atoms with van der Waals surface area (Å²) in [7, 11) is 0. The number of nitrogens with two attached hydrogens (primary N) is 1. The highest BCUT2D eigenvalue weighted by atomic mass is 79.9. The molecule has 3 N–H and O–H groups in total. The lowest BCUT2D eigenvalue weighted by Crippen LogP contribution is -2.14. The molecule has 126 valence electrons. The molecule has 0 saturated heterocycles. The minimum atomic E-state index is -0.539. The number of primary amides is 1. The normalized spacial score (nSPS) is 10.2. The highest BCUT2D eigenvalue weighted by Gasteiger charge is 2.10. The molecule has 2 aromatic rings. The molecule has 6 heteroatoms. The molecule has 2 amide bonds. The fraction of sp³-hybridized carbons (Fsp3) is 0.222. The number of hydrogen-bond acceptors (Lipinski definition) is 3. The monoisotopic (exact) mass is 390 g/mol. The van der Waals surface area contributed by atoms with Crippen LogP contribution in [0.3, 0.4) is 0 Å². The van der Waals surface area contributed by atoms with Crippen LogP contribution in [-0.4, -0.2) is 18.4 Å². The third kappa shape index (κ3) is 4.83. The molecule has 0 aromatic heterocycles. The number of amides is 2. The van der Waals surface area contributed by atoms with E-state index in [1.54, 1.807) is 36.4 Å². The summed E-state index contributed by atoms with van der Waals surface area (Å²) >= 11 is 3.42. The minimum Gasteiger partial charge on any atom is -0.492 e. The zero-order valence-electron chi connectivity index (χ0n) is 13.3. The minimum absolute atomic E-state index is 0.280. The van der Waals surface area contributed by atoms with Crippen molar-refractivity contribution in [3.8, 4) is 5.75 Å². The molecule has 0 aliphatic carbocycles. The van der Waals surface area contributed by atoms with Gasteiger partial charge < -0.3 is 15.8 Å². The Morgan fingerprint density at radius 3 is 2.62 bits per heavy atom. The van der Waals surface area contributed by atoms with Crippen LogP contribution in [0.5, 0.6) is 5.75 Å². The molecule has 0 radical (unpaired) electrons. The highest BCUT2D eigenvalue weighted by molar-refractivity contribution is 9.10. The molecule has 0 atom stereocenters. The Balaban J connectivity index is 2.08. The van der Waals surface area contributed by atoms with Crippen molar-refractivity contribution in [3.63, 3.8) is 0 Å². The van der Waals surface area contributed by atoms with E-state index in [9.17, 15) is 9.59 Å². The zero-order valence-corrected chi connectivity index (χ0v) is 14.9. The van der Waals surface area contributed by atoms with Crippen LogP contribution in [0.2, 0.25) is 0 Å². The fourth-order valence-electron chi connectivity index (χ4n) is 2.04. The maximum absolute atomic E-state index is 12.3. The number of carbonyl (C=O) groups is 2. The van der Waals surface area contributed by atoms with E-state index in [-0.39, 0.29) is 5.91 Å². The molecule has 0 fully saturated rings. The molecule has 2 aromatic carbocycles. The van der Waals surface area contributed by atoms with Gasteiger partial charge in [-0.2, -0.15) is 0 Å². The Morgan fingerprint density at radius 2 is 1.96 bits per heavy atom. The molecular weight excluding hydrogens is 372 g/mol. The van der Waals surface area contributed by atoms with E-state index >= 15 is 0 Å². The number of hydrogen-bond donors (Lipinski definition) is 2. The molecule has 2 rings (SSSR count). The molecule has 0 aliphatic rings. The van der Waals surface area contributed by atoms with Crippen LogP contribution in [0.15, 0.2) is 46.9 Å². The van der Waals surface area contributed by atoms with Crippen LogP contribution in [0, 0.1) is 0 Å². The van der Waals surface area contributed by atoms with Gasteiger partial charge in [-0.25, -0.2) is 0 Å². The zero-order chi connectivity index (χ0) is 17.5. The predicted molar refractivity (Wildman–Crippen MR) is 97.5 cm³/mol. The summed E-state index contributed by atoms with van der Waals surface area (Å²) in [5.41, 5.74) is 6.57. The van der Waals surface area contributed by atoms with Crippen LogP contribution in [0.25, 0.3) is 0 Å². The van der Waals surface area contributed by atoms with Crippen LogP contribution < -0.4 is 15.8 Å². The number of unbranched alkanes of at least 4 members (excludes halogenated alkanes) is 1. The Morgan fingerprint density at radius 1 is 1.17 bits per heavy atom. The number of ether oxygens (including phenoxy) is 1. The van der Waals surface area contributed by atoms with Crippen molar-refractivity contribution in [3.05, 3.63) is 58.1 Å². The van der Waals surface area contributed by atoms with Crippen LogP contribution in [0.4, 0.5) is 5.69 Å². The molecule has 0 bridgehead atoms. The van der Waals surface area contributed by atoms with Crippen molar-refractivity contribution in [2.24, 2.45) is 5.73 Å². The standard InChI is InChI=1S/C18H19BrN2O3/c1-2-3-9-24-16-8-7-13(11-15(16)19)18(23)21-14-6-4-5-12(10-14)17(20)22/h4-8,10-11H,2-3,9H2,1H3,(H2,20,22)(H,21,23). The topological polar surface area (TPSA) is 81.4 Å². The molecule has 0 heterocycles. The number of rotatable bonds is 7. The second kappa shape index (κ2) is 8.49. The lowest BCUT2D eigenvalue weighted by atomic mass is 10.1. The van der Waals surface area contributed by atoms with E-state index in [0.717, 1.165) is 17.3 Å². The quantitative estimate of drug-likeness (QED) is 0.701. The molecule has 24 heavy (non-hydrogen) atoms. The number of halogens is 1. The Labute approximate surface area is 149 Å². The van der Waals surface area contributed by atoms with E-state index in [4.69, 9.17) is 10.5 Å². The summed E-state index contributed by atoms with van der Waals surface area (Å²) in [6, 6.07) is 11.6. The van der Waals surface area contributed by atoms with Gasteiger partial charge in [0.25, 0.3) is 5.91 Å². The number of benzene rings is 2. The van der Waals surface area contributed by atoms with E-state index < -0.39 is 5.91 Å². The average Bonchev–Trinajstić information content (AvgIpc) is 2.56. The third-order valence-electron chi connectivity index (χ3n) is 3.35. The van der Waals surface area contributed by atoms with Gasteiger partial charge >= 0.3 is 0 Å². The molecular formula is C18H19BrN2O3. The number of carbonyl (C=O) groups excluding carboxylic acids is 2. The average molecular weight is 391 g/mol. The number of anilines is 1. The summed E-state index contributed by atoms with van der Waals surface area (Å²) < 4.78 is 6.36.